The minimum absolute atomic E-state index is 0. The third kappa shape index (κ3) is 5.52. The fourth-order valence-corrected chi connectivity index (χ4v) is 0.511. The molecular formula is C8H16N2O2. The van der Waals surface area contributed by atoms with Crippen LogP contribution >= 0.6 is 0 Å². The zero-order valence-electron chi connectivity index (χ0n) is 7.12. The molecule has 0 aromatic heterocycles. The minimum Gasteiger partial charge on any atom is -0.412 e. The van der Waals surface area contributed by atoms with Gasteiger partial charge in [0.05, 0.1) is 11.4 Å². The van der Waals surface area contributed by atoms with E-state index >= 15 is 0 Å². The molecule has 1 rings (SSSR count). The molecule has 4 nitrogen and oxygen atoms in total. The maximum Gasteiger partial charge on any atom is 0.0547 e. The molecule has 0 unspecified atom stereocenters. The van der Waals surface area contributed by atoms with Gasteiger partial charge in [0.25, 0.3) is 0 Å². The van der Waals surface area contributed by atoms with Crippen molar-refractivity contribution in [2.24, 2.45) is 0 Å². The van der Waals surface area contributed by atoms with Gasteiger partial charge in [-0.05, 0) is 19.1 Å². The third-order valence-corrected chi connectivity index (χ3v) is 0.996. The molecule has 0 spiro atoms. The highest BCUT2D eigenvalue weighted by Crippen LogP contribution is 2.10. The van der Waals surface area contributed by atoms with Crippen LogP contribution in [0.15, 0.2) is 24.3 Å². The Kier molecular flexibility index (Phi) is 8.72. The number of aliphatic hydroxyl groups is 1. The molecule has 0 saturated carbocycles. The number of para-hydroxylation sites is 2. The highest BCUT2D eigenvalue weighted by Gasteiger charge is 1.85. The number of nitrogen functional groups attached to an aromatic ring is 2. The molecule has 4 heteroatoms. The zero-order chi connectivity index (χ0) is 8.69. The van der Waals surface area contributed by atoms with Crippen molar-refractivity contribution in [3.8, 4) is 0 Å². The van der Waals surface area contributed by atoms with Gasteiger partial charge in [0.2, 0.25) is 0 Å². The van der Waals surface area contributed by atoms with Crippen LogP contribution in [-0.4, -0.2) is 17.2 Å². The Balaban J connectivity index is 0. The van der Waals surface area contributed by atoms with E-state index in [0.29, 0.717) is 11.4 Å². The summed E-state index contributed by atoms with van der Waals surface area (Å²) >= 11 is 0. The monoisotopic (exact) mass is 172 g/mol. The Hall–Kier alpha value is -1.26. The van der Waals surface area contributed by atoms with Gasteiger partial charge in [0, 0.05) is 6.61 Å². The first-order valence-electron chi connectivity index (χ1n) is 3.43. The van der Waals surface area contributed by atoms with Crippen LogP contribution in [-0.2, 0) is 0 Å². The fourth-order valence-electron chi connectivity index (χ4n) is 0.511. The van der Waals surface area contributed by atoms with Crippen molar-refractivity contribution >= 4 is 11.4 Å². The summed E-state index contributed by atoms with van der Waals surface area (Å²) in [6.45, 7) is 1.93. The number of aliphatic hydroxyl groups excluding tert-OH is 1. The number of hydrogen-bond donors (Lipinski definition) is 3. The van der Waals surface area contributed by atoms with Crippen molar-refractivity contribution in [1.82, 2.24) is 0 Å². The number of benzene rings is 1. The summed E-state index contributed by atoms with van der Waals surface area (Å²) in [5, 5.41) is 7.57. The first-order chi connectivity index (χ1) is 5.22. The van der Waals surface area contributed by atoms with Gasteiger partial charge in [-0.1, -0.05) is 12.1 Å². The average Bonchev–Trinajstić information content (AvgIpc) is 1.97. The molecule has 1 aromatic carbocycles. The second kappa shape index (κ2) is 7.84. The van der Waals surface area contributed by atoms with Crippen LogP contribution in [0.2, 0.25) is 0 Å². The Morgan fingerprint density at radius 2 is 1.42 bits per heavy atom. The van der Waals surface area contributed by atoms with Crippen LogP contribution in [0.25, 0.3) is 0 Å². The van der Waals surface area contributed by atoms with Crippen LogP contribution in [0.4, 0.5) is 11.4 Å². The number of nitrogens with two attached hydrogens (primary N) is 2. The molecule has 0 aliphatic heterocycles. The van der Waals surface area contributed by atoms with Gasteiger partial charge in [-0.3, -0.25) is 0 Å². The van der Waals surface area contributed by atoms with Crippen molar-refractivity contribution in [3.63, 3.8) is 0 Å². The molecule has 1 aromatic rings. The smallest absolute Gasteiger partial charge is 0.0547 e. The summed E-state index contributed by atoms with van der Waals surface area (Å²) in [6, 6.07) is 7.25. The van der Waals surface area contributed by atoms with E-state index in [1.807, 2.05) is 12.1 Å². The Morgan fingerprint density at radius 3 is 1.58 bits per heavy atom. The summed E-state index contributed by atoms with van der Waals surface area (Å²) in [4.78, 5) is 0. The van der Waals surface area contributed by atoms with E-state index in [0.717, 1.165) is 0 Å². The SMILES string of the molecule is CCO.Nc1ccccc1N.O. The van der Waals surface area contributed by atoms with Gasteiger partial charge in [0.15, 0.2) is 0 Å². The van der Waals surface area contributed by atoms with Gasteiger partial charge in [-0.2, -0.15) is 0 Å². The summed E-state index contributed by atoms with van der Waals surface area (Å²) < 4.78 is 0. The summed E-state index contributed by atoms with van der Waals surface area (Å²) in [7, 11) is 0. The van der Waals surface area contributed by atoms with E-state index in [-0.39, 0.29) is 12.1 Å². The standard InChI is InChI=1S/C6H8N2.C2H6O.H2O/c7-5-3-1-2-4-6(5)8;1-2-3;/h1-4H,7-8H2;3H,2H2,1H3;1H2. The van der Waals surface area contributed by atoms with E-state index < -0.39 is 0 Å². The normalized spacial score (nSPS) is 7.50. The zero-order valence-corrected chi connectivity index (χ0v) is 7.12. The lowest BCUT2D eigenvalue weighted by molar-refractivity contribution is 0.318. The number of hydrogen-bond acceptors (Lipinski definition) is 3. The van der Waals surface area contributed by atoms with E-state index in [9.17, 15) is 0 Å². The summed E-state index contributed by atoms with van der Waals surface area (Å²) in [5.74, 6) is 0. The molecular weight excluding hydrogens is 156 g/mol. The van der Waals surface area contributed by atoms with Gasteiger partial charge in [0.1, 0.15) is 0 Å². The Bertz CT molecular complexity index is 183. The van der Waals surface area contributed by atoms with Crippen LogP contribution in [0.5, 0.6) is 0 Å². The van der Waals surface area contributed by atoms with Crippen LogP contribution in [0.3, 0.4) is 0 Å². The molecule has 0 bridgehead atoms. The van der Waals surface area contributed by atoms with E-state index in [4.69, 9.17) is 16.6 Å². The van der Waals surface area contributed by atoms with Crippen LogP contribution in [0, 0.1) is 0 Å². The molecule has 0 atom stereocenters. The Labute approximate surface area is 72.1 Å². The first-order valence-corrected chi connectivity index (χ1v) is 3.43. The molecule has 0 aliphatic rings. The van der Waals surface area contributed by atoms with Gasteiger partial charge < -0.3 is 22.1 Å². The maximum atomic E-state index is 7.57. The van der Waals surface area contributed by atoms with Gasteiger partial charge in [-0.25, -0.2) is 0 Å². The molecule has 0 fully saturated rings. The van der Waals surface area contributed by atoms with Crippen molar-refractivity contribution < 1.29 is 10.6 Å². The molecule has 7 N–H and O–H groups in total. The van der Waals surface area contributed by atoms with Gasteiger partial charge >= 0.3 is 0 Å². The van der Waals surface area contributed by atoms with Crippen LogP contribution in [0.1, 0.15) is 6.92 Å². The van der Waals surface area contributed by atoms with Crippen molar-refractivity contribution in [3.05, 3.63) is 24.3 Å². The van der Waals surface area contributed by atoms with E-state index in [2.05, 4.69) is 0 Å². The first kappa shape index (κ1) is 13.3. The van der Waals surface area contributed by atoms with Crippen molar-refractivity contribution in [1.29, 1.82) is 0 Å². The maximum absolute atomic E-state index is 7.57. The molecule has 0 radical (unpaired) electrons. The number of anilines is 2. The topological polar surface area (TPSA) is 104 Å². The minimum atomic E-state index is 0. The molecule has 0 saturated heterocycles. The van der Waals surface area contributed by atoms with Gasteiger partial charge in [-0.15, -0.1) is 0 Å². The van der Waals surface area contributed by atoms with E-state index in [1.165, 1.54) is 0 Å². The highest BCUT2D eigenvalue weighted by molar-refractivity contribution is 5.62. The highest BCUT2D eigenvalue weighted by atomic mass is 16.2. The molecule has 0 amide bonds. The predicted molar refractivity (Wildman–Crippen MR) is 51.6 cm³/mol. The predicted octanol–water partition coefficient (Wildman–Crippen LogP) is 0.0249. The van der Waals surface area contributed by atoms with Crippen molar-refractivity contribution in [2.45, 2.75) is 6.92 Å². The summed E-state index contributed by atoms with van der Waals surface area (Å²) in [6.07, 6.45) is 0. The molecule has 70 valence electrons. The molecule has 12 heavy (non-hydrogen) atoms. The summed E-state index contributed by atoms with van der Waals surface area (Å²) in [5.41, 5.74) is 12.1. The van der Waals surface area contributed by atoms with Crippen LogP contribution < -0.4 is 11.5 Å². The third-order valence-electron chi connectivity index (χ3n) is 0.996. The molecule has 0 heterocycles. The average molecular weight is 172 g/mol. The lowest BCUT2D eigenvalue weighted by atomic mass is 10.3. The Morgan fingerprint density at radius 1 is 1.17 bits per heavy atom. The second-order valence-corrected chi connectivity index (χ2v) is 1.95. The lowest BCUT2D eigenvalue weighted by Gasteiger charge is -1.94. The second-order valence-electron chi connectivity index (χ2n) is 1.95. The largest absolute Gasteiger partial charge is 0.412 e. The fraction of sp³-hybridized carbons (Fsp3) is 0.250. The number of rotatable bonds is 0. The lowest BCUT2D eigenvalue weighted by Crippen LogP contribution is -1.91. The molecule has 0 aliphatic carbocycles. The van der Waals surface area contributed by atoms with E-state index in [1.54, 1.807) is 19.1 Å². The van der Waals surface area contributed by atoms with Crippen molar-refractivity contribution in [2.75, 3.05) is 18.1 Å². The quantitative estimate of drug-likeness (QED) is 0.481.